The maximum Gasteiger partial charge on any atom is 0.434 e. The molecule has 1 aromatic rings. The SMILES string of the molecule is N#CCCCS(=O)(=O)NC[C@H]1CCc2nc(C(F)(F)F)cn2C1. The Kier molecular flexibility index (Phi) is 5.31. The van der Waals surface area contributed by atoms with Crippen LogP contribution in [0.4, 0.5) is 13.2 Å². The first-order valence-electron chi connectivity index (χ1n) is 7.19. The van der Waals surface area contributed by atoms with Crippen molar-refractivity contribution in [3.8, 4) is 6.07 Å². The fourth-order valence-corrected chi connectivity index (χ4v) is 3.63. The average molecular weight is 350 g/mol. The van der Waals surface area contributed by atoms with Crippen LogP contribution in [0.1, 0.15) is 30.8 Å². The number of rotatable bonds is 6. The van der Waals surface area contributed by atoms with Crippen molar-refractivity contribution in [1.82, 2.24) is 14.3 Å². The van der Waals surface area contributed by atoms with Crippen LogP contribution in [0.15, 0.2) is 6.20 Å². The van der Waals surface area contributed by atoms with Crippen LogP contribution in [-0.2, 0) is 29.2 Å². The van der Waals surface area contributed by atoms with E-state index in [1.807, 2.05) is 6.07 Å². The van der Waals surface area contributed by atoms with E-state index in [2.05, 4.69) is 9.71 Å². The van der Waals surface area contributed by atoms with Crippen molar-refractivity contribution in [3.05, 3.63) is 17.7 Å². The molecule has 0 fully saturated rings. The first kappa shape index (κ1) is 17.7. The molecule has 2 heterocycles. The van der Waals surface area contributed by atoms with Crippen LogP contribution in [0.25, 0.3) is 0 Å². The summed E-state index contributed by atoms with van der Waals surface area (Å²) < 4.78 is 65.3. The highest BCUT2D eigenvalue weighted by Gasteiger charge is 2.35. The highest BCUT2D eigenvalue weighted by atomic mass is 32.2. The van der Waals surface area contributed by atoms with E-state index in [1.165, 1.54) is 4.57 Å². The van der Waals surface area contributed by atoms with Crippen LogP contribution < -0.4 is 4.72 Å². The lowest BCUT2D eigenvalue weighted by molar-refractivity contribution is -0.141. The number of hydrogen-bond donors (Lipinski definition) is 1. The van der Waals surface area contributed by atoms with Gasteiger partial charge in [0, 0.05) is 32.1 Å². The minimum absolute atomic E-state index is 0.0801. The van der Waals surface area contributed by atoms with Crippen molar-refractivity contribution >= 4 is 10.0 Å². The van der Waals surface area contributed by atoms with Gasteiger partial charge in [0.05, 0.1) is 11.8 Å². The molecule has 1 aromatic heterocycles. The van der Waals surface area contributed by atoms with E-state index in [1.54, 1.807) is 0 Å². The highest BCUT2D eigenvalue weighted by molar-refractivity contribution is 7.89. The van der Waals surface area contributed by atoms with Gasteiger partial charge in [-0.15, -0.1) is 0 Å². The lowest BCUT2D eigenvalue weighted by Crippen LogP contribution is -2.34. The summed E-state index contributed by atoms with van der Waals surface area (Å²) in [6.07, 6.45) is -2.10. The monoisotopic (exact) mass is 350 g/mol. The maximum atomic E-state index is 12.6. The number of halogens is 3. The van der Waals surface area contributed by atoms with Gasteiger partial charge >= 0.3 is 6.18 Å². The number of imidazole rings is 1. The number of nitrogens with one attached hydrogen (secondary N) is 1. The molecule has 0 radical (unpaired) electrons. The van der Waals surface area contributed by atoms with E-state index in [-0.39, 0.29) is 31.1 Å². The summed E-state index contributed by atoms with van der Waals surface area (Å²) in [4.78, 5) is 3.58. The molecule has 2 rings (SSSR count). The zero-order valence-corrected chi connectivity index (χ0v) is 13.1. The van der Waals surface area contributed by atoms with Crippen LogP contribution in [-0.4, -0.2) is 30.3 Å². The van der Waals surface area contributed by atoms with Gasteiger partial charge in [0.2, 0.25) is 10.0 Å². The highest BCUT2D eigenvalue weighted by Crippen LogP contribution is 2.30. The Balaban J connectivity index is 1.90. The summed E-state index contributed by atoms with van der Waals surface area (Å²) in [5, 5.41) is 8.40. The molecule has 1 atom stereocenters. The fraction of sp³-hybridized carbons (Fsp3) is 0.692. The number of aryl methyl sites for hydroxylation is 1. The van der Waals surface area contributed by atoms with Crippen LogP contribution in [0, 0.1) is 17.2 Å². The molecular weight excluding hydrogens is 333 g/mol. The molecule has 0 bridgehead atoms. The largest absolute Gasteiger partial charge is 0.434 e. The maximum absolute atomic E-state index is 12.6. The molecule has 0 unspecified atom stereocenters. The summed E-state index contributed by atoms with van der Waals surface area (Å²) >= 11 is 0. The third-order valence-electron chi connectivity index (χ3n) is 3.67. The van der Waals surface area contributed by atoms with Crippen LogP contribution >= 0.6 is 0 Å². The summed E-state index contributed by atoms with van der Waals surface area (Å²) in [6.45, 7) is 0.479. The molecule has 0 aromatic carbocycles. The topological polar surface area (TPSA) is 87.8 Å². The minimum atomic E-state index is -4.47. The van der Waals surface area contributed by atoms with E-state index >= 15 is 0 Å². The van der Waals surface area contributed by atoms with Gasteiger partial charge in [-0.3, -0.25) is 0 Å². The first-order chi connectivity index (χ1) is 10.7. The molecular formula is C13H17F3N4O2S. The number of fused-ring (bicyclic) bond motifs is 1. The van der Waals surface area contributed by atoms with Crippen molar-refractivity contribution < 1.29 is 21.6 Å². The Morgan fingerprint density at radius 2 is 2.22 bits per heavy atom. The Labute approximate surface area is 132 Å². The van der Waals surface area contributed by atoms with E-state index in [9.17, 15) is 21.6 Å². The molecule has 10 heteroatoms. The van der Waals surface area contributed by atoms with Crippen molar-refractivity contribution in [3.63, 3.8) is 0 Å². The van der Waals surface area contributed by atoms with Gasteiger partial charge in [0.15, 0.2) is 5.69 Å². The molecule has 1 N–H and O–H groups in total. The van der Waals surface area contributed by atoms with Crippen LogP contribution in [0.2, 0.25) is 0 Å². The van der Waals surface area contributed by atoms with Crippen molar-refractivity contribution in [1.29, 1.82) is 5.26 Å². The van der Waals surface area contributed by atoms with Crippen molar-refractivity contribution in [2.45, 2.75) is 38.4 Å². The molecule has 0 spiro atoms. The van der Waals surface area contributed by atoms with Crippen LogP contribution in [0.5, 0.6) is 0 Å². The molecule has 1 aliphatic rings. The fourth-order valence-electron chi connectivity index (χ4n) is 2.48. The summed E-state index contributed by atoms with van der Waals surface area (Å²) in [6, 6.07) is 1.88. The Morgan fingerprint density at radius 1 is 1.48 bits per heavy atom. The second-order valence-corrected chi connectivity index (χ2v) is 7.45. The summed E-state index contributed by atoms with van der Waals surface area (Å²) in [7, 11) is -3.45. The summed E-state index contributed by atoms with van der Waals surface area (Å²) in [5.41, 5.74) is -0.912. The number of hydrogen-bond acceptors (Lipinski definition) is 4. The van der Waals surface area contributed by atoms with Crippen LogP contribution in [0.3, 0.4) is 0 Å². The second-order valence-electron chi connectivity index (χ2n) is 5.53. The van der Waals surface area contributed by atoms with Gasteiger partial charge in [0.25, 0.3) is 0 Å². The zero-order valence-electron chi connectivity index (χ0n) is 12.3. The second kappa shape index (κ2) is 6.88. The van der Waals surface area contributed by atoms with E-state index in [0.717, 1.165) is 6.20 Å². The quantitative estimate of drug-likeness (QED) is 0.791. The van der Waals surface area contributed by atoms with Gasteiger partial charge in [-0.2, -0.15) is 18.4 Å². The Hall–Kier alpha value is -1.60. The minimum Gasteiger partial charge on any atom is -0.334 e. The molecule has 1 aliphatic heterocycles. The molecule has 6 nitrogen and oxygen atoms in total. The Bertz CT molecular complexity index is 691. The normalized spacial score (nSPS) is 18.4. The van der Waals surface area contributed by atoms with E-state index in [4.69, 9.17) is 5.26 Å². The number of unbranched alkanes of at least 4 members (excludes halogenated alkanes) is 1. The average Bonchev–Trinajstić information content (AvgIpc) is 2.88. The van der Waals surface area contributed by atoms with Gasteiger partial charge in [-0.1, -0.05) is 0 Å². The van der Waals surface area contributed by atoms with Gasteiger partial charge in [-0.25, -0.2) is 18.1 Å². The summed E-state index contributed by atoms with van der Waals surface area (Å²) in [5.74, 6) is 0.177. The number of alkyl halides is 3. The van der Waals surface area contributed by atoms with E-state index < -0.39 is 21.9 Å². The standard InChI is InChI=1S/C13H17F3N4O2S/c14-13(15,16)11-9-20-8-10(3-4-12(20)19-11)7-18-23(21,22)6-2-1-5-17/h9-10,18H,1-4,6-8H2/t10-/m1/s1. The number of nitrogens with zero attached hydrogens (tertiary/aromatic N) is 3. The van der Waals surface area contributed by atoms with E-state index in [0.29, 0.717) is 25.2 Å². The smallest absolute Gasteiger partial charge is 0.334 e. The van der Waals surface area contributed by atoms with Gasteiger partial charge in [0.1, 0.15) is 5.82 Å². The molecule has 128 valence electrons. The predicted octanol–water partition coefficient (Wildman–Crippen LogP) is 1.69. The lowest BCUT2D eigenvalue weighted by atomic mass is 10.00. The third kappa shape index (κ3) is 4.94. The van der Waals surface area contributed by atoms with Gasteiger partial charge in [-0.05, 0) is 18.8 Å². The first-order valence-corrected chi connectivity index (χ1v) is 8.84. The molecule has 0 saturated heterocycles. The van der Waals surface area contributed by atoms with Crippen molar-refractivity contribution in [2.75, 3.05) is 12.3 Å². The zero-order chi connectivity index (χ0) is 17.1. The third-order valence-corrected chi connectivity index (χ3v) is 5.11. The molecule has 0 amide bonds. The molecule has 0 saturated carbocycles. The predicted molar refractivity (Wildman–Crippen MR) is 75.7 cm³/mol. The number of nitriles is 1. The lowest BCUT2D eigenvalue weighted by Gasteiger charge is -2.23. The molecule has 0 aliphatic carbocycles. The van der Waals surface area contributed by atoms with Gasteiger partial charge < -0.3 is 4.57 Å². The number of aromatic nitrogens is 2. The number of sulfonamides is 1. The molecule has 23 heavy (non-hydrogen) atoms. The Morgan fingerprint density at radius 3 is 2.87 bits per heavy atom. The van der Waals surface area contributed by atoms with Crippen molar-refractivity contribution in [2.24, 2.45) is 5.92 Å².